The van der Waals surface area contributed by atoms with Gasteiger partial charge in [-0.2, -0.15) is 11.8 Å². The highest BCUT2D eigenvalue weighted by molar-refractivity contribution is 7.99. The molecule has 1 fully saturated rings. The molecule has 1 saturated heterocycles. The van der Waals surface area contributed by atoms with Crippen LogP contribution in [0.25, 0.3) is 0 Å². The standard InChI is InChI=1S/C18H25N3O3S/c1-12-9-13(2)17(14(3)10-12)20-15(22)5-4-7-25-8-6-21-16(23)11-19-18(21)24/h9-10H,4-8,11H2,1-3H3,(H,19,24)(H,20,22). The van der Waals surface area contributed by atoms with E-state index in [9.17, 15) is 14.4 Å². The highest BCUT2D eigenvalue weighted by Crippen LogP contribution is 2.22. The van der Waals surface area contributed by atoms with Gasteiger partial charge in [0.05, 0.1) is 6.54 Å². The Labute approximate surface area is 152 Å². The Morgan fingerprint density at radius 3 is 2.48 bits per heavy atom. The molecular formula is C18H25N3O3S. The van der Waals surface area contributed by atoms with Crippen LogP contribution in [0.15, 0.2) is 12.1 Å². The van der Waals surface area contributed by atoms with Crippen LogP contribution in [-0.4, -0.2) is 47.3 Å². The van der Waals surface area contributed by atoms with Crippen LogP contribution in [0, 0.1) is 20.8 Å². The number of thioether (sulfide) groups is 1. The van der Waals surface area contributed by atoms with Crippen LogP contribution in [0.3, 0.4) is 0 Å². The van der Waals surface area contributed by atoms with Crippen molar-refractivity contribution < 1.29 is 14.4 Å². The lowest BCUT2D eigenvalue weighted by molar-refractivity contribution is -0.124. The lowest BCUT2D eigenvalue weighted by atomic mass is 10.0. The third kappa shape index (κ3) is 5.49. The van der Waals surface area contributed by atoms with Crippen molar-refractivity contribution in [2.24, 2.45) is 0 Å². The van der Waals surface area contributed by atoms with Gasteiger partial charge in [-0.3, -0.25) is 14.5 Å². The van der Waals surface area contributed by atoms with E-state index >= 15 is 0 Å². The number of anilines is 1. The van der Waals surface area contributed by atoms with Crippen LogP contribution in [0.2, 0.25) is 0 Å². The number of nitrogens with one attached hydrogen (secondary N) is 2. The van der Waals surface area contributed by atoms with Crippen molar-refractivity contribution in [3.8, 4) is 0 Å². The summed E-state index contributed by atoms with van der Waals surface area (Å²) in [5.41, 5.74) is 4.25. The molecule has 1 aliphatic heterocycles. The van der Waals surface area contributed by atoms with E-state index in [-0.39, 0.29) is 24.4 Å². The van der Waals surface area contributed by atoms with Gasteiger partial charge >= 0.3 is 6.03 Å². The molecule has 136 valence electrons. The zero-order chi connectivity index (χ0) is 18.4. The first-order chi connectivity index (χ1) is 11.9. The minimum Gasteiger partial charge on any atom is -0.329 e. The van der Waals surface area contributed by atoms with E-state index in [0.717, 1.165) is 29.0 Å². The number of carbonyl (C=O) groups excluding carboxylic acids is 3. The second kappa shape index (κ2) is 8.89. The van der Waals surface area contributed by atoms with Gasteiger partial charge in [0.15, 0.2) is 0 Å². The summed E-state index contributed by atoms with van der Waals surface area (Å²) in [4.78, 5) is 36.1. The zero-order valence-electron chi connectivity index (χ0n) is 15.0. The molecule has 0 aromatic heterocycles. The van der Waals surface area contributed by atoms with Crippen molar-refractivity contribution in [1.29, 1.82) is 0 Å². The highest BCUT2D eigenvalue weighted by Gasteiger charge is 2.27. The van der Waals surface area contributed by atoms with Crippen molar-refractivity contribution in [2.45, 2.75) is 33.6 Å². The summed E-state index contributed by atoms with van der Waals surface area (Å²) in [6, 6.07) is 3.82. The molecule has 25 heavy (non-hydrogen) atoms. The quantitative estimate of drug-likeness (QED) is 0.550. The maximum atomic E-state index is 12.1. The first-order valence-corrected chi connectivity index (χ1v) is 9.57. The van der Waals surface area contributed by atoms with E-state index in [1.165, 1.54) is 10.5 Å². The summed E-state index contributed by atoms with van der Waals surface area (Å²) in [7, 11) is 0. The van der Waals surface area contributed by atoms with Crippen molar-refractivity contribution in [3.05, 3.63) is 28.8 Å². The van der Waals surface area contributed by atoms with Gasteiger partial charge < -0.3 is 10.6 Å². The van der Waals surface area contributed by atoms with Crippen molar-refractivity contribution in [3.63, 3.8) is 0 Å². The van der Waals surface area contributed by atoms with Crippen LogP contribution in [0.5, 0.6) is 0 Å². The monoisotopic (exact) mass is 363 g/mol. The molecule has 1 aliphatic rings. The molecule has 1 heterocycles. The molecule has 2 N–H and O–H groups in total. The Kier molecular flexibility index (Phi) is 6.87. The summed E-state index contributed by atoms with van der Waals surface area (Å²) in [5.74, 6) is 1.36. The Morgan fingerprint density at radius 1 is 1.20 bits per heavy atom. The molecule has 7 heteroatoms. The average molecular weight is 363 g/mol. The number of urea groups is 1. The SMILES string of the molecule is Cc1cc(C)c(NC(=O)CCCSCCN2C(=O)CNC2=O)c(C)c1. The van der Waals surface area contributed by atoms with Crippen molar-refractivity contribution in [2.75, 3.05) is 29.9 Å². The second-order valence-corrected chi connectivity index (χ2v) is 7.47. The molecule has 0 saturated carbocycles. The molecule has 1 aromatic rings. The third-order valence-corrected chi connectivity index (χ3v) is 5.08. The van der Waals surface area contributed by atoms with Gasteiger partial charge in [0.25, 0.3) is 0 Å². The first kappa shape index (κ1) is 19.3. The van der Waals surface area contributed by atoms with Crippen molar-refractivity contribution >= 4 is 35.3 Å². The molecule has 0 atom stereocenters. The molecule has 2 rings (SSSR count). The van der Waals surface area contributed by atoms with Gasteiger partial charge in [-0.15, -0.1) is 0 Å². The number of nitrogens with zero attached hydrogens (tertiary/aromatic N) is 1. The van der Waals surface area contributed by atoms with E-state index in [2.05, 4.69) is 22.8 Å². The van der Waals surface area contributed by atoms with Gasteiger partial charge in [-0.25, -0.2) is 4.79 Å². The molecule has 0 aliphatic carbocycles. The average Bonchev–Trinajstić information content (AvgIpc) is 2.85. The number of aryl methyl sites for hydroxylation is 3. The van der Waals surface area contributed by atoms with E-state index in [1.54, 1.807) is 11.8 Å². The topological polar surface area (TPSA) is 78.5 Å². The molecule has 1 aromatic carbocycles. The second-order valence-electron chi connectivity index (χ2n) is 6.24. The van der Waals surface area contributed by atoms with E-state index in [1.807, 2.05) is 20.8 Å². The van der Waals surface area contributed by atoms with E-state index in [0.29, 0.717) is 18.7 Å². The largest absolute Gasteiger partial charge is 0.329 e. The molecule has 0 spiro atoms. The number of imide groups is 1. The summed E-state index contributed by atoms with van der Waals surface area (Å²) in [6.45, 7) is 6.56. The predicted octanol–water partition coefficient (Wildman–Crippen LogP) is 2.62. The minimum atomic E-state index is -0.311. The van der Waals surface area contributed by atoms with E-state index in [4.69, 9.17) is 0 Å². The van der Waals surface area contributed by atoms with Gasteiger partial charge in [0.1, 0.15) is 0 Å². The normalized spacial score (nSPS) is 14.0. The lowest BCUT2D eigenvalue weighted by Crippen LogP contribution is -2.32. The minimum absolute atomic E-state index is 0.0183. The summed E-state index contributed by atoms with van der Waals surface area (Å²) >= 11 is 1.65. The molecule has 0 bridgehead atoms. The van der Waals surface area contributed by atoms with Crippen LogP contribution in [-0.2, 0) is 9.59 Å². The summed E-state index contributed by atoms with van der Waals surface area (Å²) in [5, 5.41) is 5.50. The van der Waals surface area contributed by atoms with Gasteiger partial charge in [0.2, 0.25) is 11.8 Å². The van der Waals surface area contributed by atoms with Crippen LogP contribution < -0.4 is 10.6 Å². The molecular weight excluding hydrogens is 338 g/mol. The van der Waals surface area contributed by atoms with Crippen molar-refractivity contribution in [1.82, 2.24) is 10.2 Å². The molecule has 4 amide bonds. The Balaban J connectivity index is 1.64. The number of rotatable bonds is 8. The first-order valence-electron chi connectivity index (χ1n) is 8.42. The number of benzene rings is 1. The highest BCUT2D eigenvalue weighted by atomic mass is 32.2. The maximum absolute atomic E-state index is 12.1. The van der Waals surface area contributed by atoms with Crippen LogP contribution >= 0.6 is 11.8 Å². The molecule has 6 nitrogen and oxygen atoms in total. The van der Waals surface area contributed by atoms with Gasteiger partial charge in [-0.05, 0) is 44.1 Å². The number of hydrogen-bond acceptors (Lipinski definition) is 4. The lowest BCUT2D eigenvalue weighted by Gasteiger charge is -2.13. The number of carbonyl (C=O) groups is 3. The van der Waals surface area contributed by atoms with Gasteiger partial charge in [-0.1, -0.05) is 17.7 Å². The molecule has 0 radical (unpaired) electrons. The number of hydrogen-bond donors (Lipinski definition) is 2. The maximum Gasteiger partial charge on any atom is 0.324 e. The fourth-order valence-electron chi connectivity index (χ4n) is 2.85. The Morgan fingerprint density at radius 2 is 1.88 bits per heavy atom. The van der Waals surface area contributed by atoms with Gasteiger partial charge in [0, 0.05) is 24.4 Å². The van der Waals surface area contributed by atoms with Crippen LogP contribution in [0.1, 0.15) is 29.5 Å². The van der Waals surface area contributed by atoms with E-state index < -0.39 is 0 Å². The molecule has 0 unspecified atom stereocenters. The predicted molar refractivity (Wildman–Crippen MR) is 101 cm³/mol. The zero-order valence-corrected chi connectivity index (χ0v) is 15.8. The summed E-state index contributed by atoms with van der Waals surface area (Å²) in [6.07, 6.45) is 1.23. The fraction of sp³-hybridized carbons (Fsp3) is 0.500. The smallest absolute Gasteiger partial charge is 0.324 e. The Bertz CT molecular complexity index is 637. The fourth-order valence-corrected chi connectivity index (χ4v) is 3.72. The summed E-state index contributed by atoms with van der Waals surface area (Å²) < 4.78 is 0. The Hall–Kier alpha value is -2.02. The van der Waals surface area contributed by atoms with Crippen LogP contribution in [0.4, 0.5) is 10.5 Å². The third-order valence-electron chi connectivity index (χ3n) is 4.03. The number of amides is 4.